The van der Waals surface area contributed by atoms with Crippen molar-refractivity contribution in [2.45, 2.75) is 64.8 Å². The van der Waals surface area contributed by atoms with Gasteiger partial charge in [0, 0.05) is 23.6 Å². The van der Waals surface area contributed by atoms with Gasteiger partial charge in [-0.25, -0.2) is 4.98 Å². The van der Waals surface area contributed by atoms with E-state index in [0.29, 0.717) is 6.04 Å². The van der Waals surface area contributed by atoms with Gasteiger partial charge < -0.3 is 4.57 Å². The zero-order chi connectivity index (χ0) is 11.2. The molecule has 0 atom stereocenters. The van der Waals surface area contributed by atoms with Crippen LogP contribution in [-0.2, 0) is 5.41 Å². The fourth-order valence-electron chi connectivity index (χ4n) is 1.94. The zero-order valence-corrected chi connectivity index (χ0v) is 10.5. The van der Waals surface area contributed by atoms with Crippen molar-refractivity contribution in [3.8, 4) is 0 Å². The normalized spacial score (nSPS) is 17.5. The van der Waals surface area contributed by atoms with E-state index < -0.39 is 0 Å². The Labute approximate surface area is 92.7 Å². The van der Waals surface area contributed by atoms with Crippen LogP contribution in [0.2, 0.25) is 0 Å². The van der Waals surface area contributed by atoms with Crippen molar-refractivity contribution in [3.63, 3.8) is 0 Å². The lowest BCUT2D eigenvalue weighted by Gasteiger charge is -2.21. The van der Waals surface area contributed by atoms with Crippen molar-refractivity contribution >= 4 is 0 Å². The molecule has 2 rings (SSSR count). The lowest BCUT2D eigenvalue weighted by Crippen LogP contribution is -2.19. The molecule has 1 aromatic rings. The highest BCUT2D eigenvalue weighted by molar-refractivity contribution is 5.19. The summed E-state index contributed by atoms with van der Waals surface area (Å²) >= 11 is 0. The minimum Gasteiger partial charge on any atom is -0.332 e. The minimum atomic E-state index is 0.150. The Morgan fingerprint density at radius 2 is 1.93 bits per heavy atom. The topological polar surface area (TPSA) is 17.8 Å². The molecule has 1 fully saturated rings. The summed E-state index contributed by atoms with van der Waals surface area (Å²) in [5, 5.41) is 0. The predicted octanol–water partition coefficient (Wildman–Crippen LogP) is 3.64. The molecule has 1 heterocycles. The van der Waals surface area contributed by atoms with Gasteiger partial charge in [0.05, 0.1) is 5.69 Å². The van der Waals surface area contributed by atoms with E-state index >= 15 is 0 Å². The standard InChI is InChI=1S/C13H22N2/c1-9(2)15-8-11(10-6-7-10)14-12(15)13(3,4)5/h8-10H,6-7H2,1-5H3. The van der Waals surface area contributed by atoms with Crippen molar-refractivity contribution in [2.24, 2.45) is 0 Å². The van der Waals surface area contributed by atoms with Crippen molar-refractivity contribution in [3.05, 3.63) is 17.7 Å². The molecule has 0 radical (unpaired) electrons. The molecule has 0 spiro atoms. The Balaban J connectivity index is 2.41. The molecule has 1 aromatic heterocycles. The monoisotopic (exact) mass is 206 g/mol. The van der Waals surface area contributed by atoms with Gasteiger partial charge in [-0.15, -0.1) is 0 Å². The van der Waals surface area contributed by atoms with Crippen LogP contribution in [0.15, 0.2) is 6.20 Å². The molecule has 0 aromatic carbocycles. The summed E-state index contributed by atoms with van der Waals surface area (Å²) in [4.78, 5) is 4.83. The van der Waals surface area contributed by atoms with E-state index in [0.717, 1.165) is 5.92 Å². The van der Waals surface area contributed by atoms with E-state index in [4.69, 9.17) is 4.98 Å². The maximum atomic E-state index is 4.83. The Morgan fingerprint density at radius 1 is 1.33 bits per heavy atom. The van der Waals surface area contributed by atoms with Crippen molar-refractivity contribution in [1.82, 2.24) is 9.55 Å². The van der Waals surface area contributed by atoms with Crippen LogP contribution in [0.5, 0.6) is 0 Å². The first-order valence-corrected chi connectivity index (χ1v) is 5.99. The first kappa shape index (κ1) is 10.7. The van der Waals surface area contributed by atoms with E-state index in [-0.39, 0.29) is 5.41 Å². The van der Waals surface area contributed by atoms with Crippen molar-refractivity contribution in [2.75, 3.05) is 0 Å². The van der Waals surface area contributed by atoms with Crippen molar-refractivity contribution in [1.29, 1.82) is 0 Å². The lowest BCUT2D eigenvalue weighted by atomic mass is 9.95. The summed E-state index contributed by atoms with van der Waals surface area (Å²) in [6, 6.07) is 0.513. The average Bonchev–Trinajstić information content (AvgIpc) is 2.81. The summed E-state index contributed by atoms with van der Waals surface area (Å²) in [5.41, 5.74) is 1.46. The van der Waals surface area contributed by atoms with Crippen LogP contribution in [0, 0.1) is 0 Å². The second kappa shape index (κ2) is 3.36. The number of rotatable bonds is 2. The van der Waals surface area contributed by atoms with Gasteiger partial charge >= 0.3 is 0 Å². The molecular formula is C13H22N2. The number of nitrogens with zero attached hydrogens (tertiary/aromatic N) is 2. The van der Waals surface area contributed by atoms with Gasteiger partial charge in [0.25, 0.3) is 0 Å². The summed E-state index contributed by atoms with van der Waals surface area (Å²) in [6.07, 6.45) is 4.93. The zero-order valence-electron chi connectivity index (χ0n) is 10.5. The molecule has 1 aliphatic carbocycles. The van der Waals surface area contributed by atoms with Crippen LogP contribution >= 0.6 is 0 Å². The molecule has 15 heavy (non-hydrogen) atoms. The molecule has 84 valence electrons. The van der Waals surface area contributed by atoms with E-state index in [1.807, 2.05) is 0 Å². The lowest BCUT2D eigenvalue weighted by molar-refractivity contribution is 0.469. The highest BCUT2D eigenvalue weighted by Gasteiger charge is 2.30. The van der Waals surface area contributed by atoms with Gasteiger partial charge in [0.15, 0.2) is 0 Å². The largest absolute Gasteiger partial charge is 0.332 e. The maximum absolute atomic E-state index is 4.83. The molecule has 0 amide bonds. The van der Waals surface area contributed by atoms with Gasteiger partial charge in [-0.2, -0.15) is 0 Å². The van der Waals surface area contributed by atoms with Crippen LogP contribution < -0.4 is 0 Å². The molecule has 1 aliphatic rings. The molecule has 1 saturated carbocycles. The maximum Gasteiger partial charge on any atom is 0.114 e. The third-order valence-corrected chi connectivity index (χ3v) is 2.97. The average molecular weight is 206 g/mol. The highest BCUT2D eigenvalue weighted by Crippen LogP contribution is 2.40. The molecule has 0 unspecified atom stereocenters. The Morgan fingerprint density at radius 3 is 2.27 bits per heavy atom. The fraction of sp³-hybridized carbons (Fsp3) is 0.769. The van der Waals surface area contributed by atoms with Gasteiger partial charge in [-0.1, -0.05) is 20.8 Å². The van der Waals surface area contributed by atoms with Crippen LogP contribution in [0.3, 0.4) is 0 Å². The molecule has 2 nitrogen and oxygen atoms in total. The van der Waals surface area contributed by atoms with E-state index in [1.165, 1.54) is 24.4 Å². The molecule has 2 heteroatoms. The van der Waals surface area contributed by atoms with E-state index in [1.54, 1.807) is 0 Å². The predicted molar refractivity (Wildman–Crippen MR) is 63.3 cm³/mol. The van der Waals surface area contributed by atoms with Gasteiger partial charge in [-0.05, 0) is 26.7 Å². The van der Waals surface area contributed by atoms with Crippen LogP contribution in [0.1, 0.15) is 70.9 Å². The molecule has 0 bridgehead atoms. The number of hydrogen-bond acceptors (Lipinski definition) is 1. The van der Waals surface area contributed by atoms with Gasteiger partial charge in [0.1, 0.15) is 5.82 Å². The first-order valence-electron chi connectivity index (χ1n) is 5.99. The highest BCUT2D eigenvalue weighted by atomic mass is 15.1. The summed E-state index contributed by atoms with van der Waals surface area (Å²) < 4.78 is 2.34. The summed E-state index contributed by atoms with van der Waals surface area (Å²) in [7, 11) is 0. The third kappa shape index (κ3) is 2.09. The third-order valence-electron chi connectivity index (χ3n) is 2.97. The van der Waals surface area contributed by atoms with Crippen molar-refractivity contribution < 1.29 is 0 Å². The Kier molecular flexibility index (Phi) is 2.40. The van der Waals surface area contributed by atoms with Gasteiger partial charge in [-0.3, -0.25) is 0 Å². The van der Waals surface area contributed by atoms with Crippen LogP contribution in [-0.4, -0.2) is 9.55 Å². The smallest absolute Gasteiger partial charge is 0.114 e. The minimum absolute atomic E-state index is 0.150. The number of imidazole rings is 1. The first-order chi connectivity index (χ1) is 6.89. The SMILES string of the molecule is CC(C)n1cc(C2CC2)nc1C(C)(C)C. The van der Waals surface area contributed by atoms with Gasteiger partial charge in [0.2, 0.25) is 0 Å². The number of aromatic nitrogens is 2. The Hall–Kier alpha value is -0.790. The second-order valence-electron chi connectivity index (χ2n) is 6.01. The van der Waals surface area contributed by atoms with Crippen LogP contribution in [0.25, 0.3) is 0 Å². The number of hydrogen-bond donors (Lipinski definition) is 0. The van der Waals surface area contributed by atoms with Crippen LogP contribution in [0.4, 0.5) is 0 Å². The fourth-order valence-corrected chi connectivity index (χ4v) is 1.94. The van der Waals surface area contributed by atoms with E-state index in [9.17, 15) is 0 Å². The van der Waals surface area contributed by atoms with E-state index in [2.05, 4.69) is 45.4 Å². The molecule has 0 saturated heterocycles. The second-order valence-corrected chi connectivity index (χ2v) is 6.01. The molecule has 0 N–H and O–H groups in total. The molecule has 0 aliphatic heterocycles. The summed E-state index contributed by atoms with van der Waals surface area (Å²) in [6.45, 7) is 11.2. The quantitative estimate of drug-likeness (QED) is 0.722. The summed E-state index contributed by atoms with van der Waals surface area (Å²) in [5.74, 6) is 1.99. The molecular weight excluding hydrogens is 184 g/mol. The Bertz CT molecular complexity index is 351.